The second-order valence-corrected chi connectivity index (χ2v) is 9.45. The second-order valence-electron chi connectivity index (χ2n) is 9.45. The maximum absolute atomic E-state index is 4.65. The van der Waals surface area contributed by atoms with Gasteiger partial charge >= 0.3 is 0 Å². The summed E-state index contributed by atoms with van der Waals surface area (Å²) in [6.45, 7) is 0. The molecule has 0 saturated heterocycles. The zero-order chi connectivity index (χ0) is 24.6. The zero-order valence-corrected chi connectivity index (χ0v) is 20.4. The molecule has 7 rings (SSSR count). The first-order chi connectivity index (χ1) is 18.3. The molecule has 0 amide bonds. The normalized spacial score (nSPS) is 12.6. The molecule has 1 aliphatic heterocycles. The molecule has 0 N–H and O–H groups in total. The highest BCUT2D eigenvalue weighted by Gasteiger charge is 2.23. The molecular formula is C34H25N3. The van der Waals surface area contributed by atoms with Gasteiger partial charge in [0.15, 0.2) is 0 Å². The molecule has 176 valence electrons. The Bertz CT molecular complexity index is 1730. The number of fused-ring (bicyclic) bond motifs is 3. The van der Waals surface area contributed by atoms with Gasteiger partial charge in [-0.25, -0.2) is 0 Å². The van der Waals surface area contributed by atoms with E-state index < -0.39 is 0 Å². The lowest BCUT2D eigenvalue weighted by molar-refractivity contribution is 0.977. The number of nitrogens with zero attached hydrogens (tertiary/aromatic N) is 3. The van der Waals surface area contributed by atoms with E-state index in [1.807, 2.05) is 36.7 Å². The smallest absolute Gasteiger partial charge is 0.0708 e. The maximum atomic E-state index is 4.65. The van der Waals surface area contributed by atoms with Gasteiger partial charge in [0.2, 0.25) is 0 Å². The predicted octanol–water partition coefficient (Wildman–Crippen LogP) is 8.53. The molecule has 37 heavy (non-hydrogen) atoms. The Morgan fingerprint density at radius 1 is 0.541 bits per heavy atom. The van der Waals surface area contributed by atoms with E-state index in [1.165, 1.54) is 33.3 Å². The van der Waals surface area contributed by atoms with Crippen molar-refractivity contribution >= 4 is 27.8 Å². The van der Waals surface area contributed by atoms with E-state index in [-0.39, 0.29) is 0 Å². The summed E-state index contributed by atoms with van der Waals surface area (Å²) in [5.74, 6) is 0. The third kappa shape index (κ3) is 3.85. The summed E-state index contributed by atoms with van der Waals surface area (Å²) in [7, 11) is 0. The van der Waals surface area contributed by atoms with Gasteiger partial charge in [-0.15, -0.1) is 0 Å². The minimum absolute atomic E-state index is 0.985. The summed E-state index contributed by atoms with van der Waals surface area (Å²) in [5, 5.41) is 2.40. The number of rotatable bonds is 3. The lowest BCUT2D eigenvalue weighted by Gasteiger charge is -2.28. The van der Waals surface area contributed by atoms with Gasteiger partial charge in [0.1, 0.15) is 0 Å². The van der Waals surface area contributed by atoms with Crippen LogP contribution in [0.3, 0.4) is 0 Å². The number of anilines is 3. The Balaban J connectivity index is 1.47. The molecule has 6 aromatic rings. The highest BCUT2D eigenvalue weighted by Crippen LogP contribution is 2.44. The third-order valence-electron chi connectivity index (χ3n) is 7.25. The Labute approximate surface area is 216 Å². The molecule has 3 nitrogen and oxygen atoms in total. The fourth-order valence-corrected chi connectivity index (χ4v) is 5.44. The number of hydrogen-bond donors (Lipinski definition) is 0. The van der Waals surface area contributed by atoms with Crippen LogP contribution < -0.4 is 4.90 Å². The topological polar surface area (TPSA) is 29.0 Å². The summed E-state index contributed by atoms with van der Waals surface area (Å²) in [5.41, 5.74) is 10.5. The largest absolute Gasteiger partial charge is 0.310 e. The van der Waals surface area contributed by atoms with Crippen molar-refractivity contribution in [3.63, 3.8) is 0 Å². The Kier molecular flexibility index (Phi) is 5.25. The van der Waals surface area contributed by atoms with E-state index in [2.05, 4.69) is 106 Å². The molecule has 4 aromatic carbocycles. The van der Waals surface area contributed by atoms with Crippen molar-refractivity contribution in [3.05, 3.63) is 139 Å². The molecular weight excluding hydrogens is 450 g/mol. The summed E-state index contributed by atoms with van der Waals surface area (Å²) < 4.78 is 0. The number of aryl methyl sites for hydroxylation is 2. The number of pyridine rings is 2. The highest BCUT2D eigenvalue weighted by atomic mass is 15.1. The number of para-hydroxylation sites is 1. The Morgan fingerprint density at radius 3 is 2.11 bits per heavy atom. The average Bonchev–Trinajstić information content (AvgIpc) is 3.14. The van der Waals surface area contributed by atoms with Crippen molar-refractivity contribution in [2.75, 3.05) is 4.90 Å². The monoisotopic (exact) mass is 475 g/mol. The predicted molar refractivity (Wildman–Crippen MR) is 153 cm³/mol. The summed E-state index contributed by atoms with van der Waals surface area (Å²) in [6.07, 6.45) is 5.72. The van der Waals surface area contributed by atoms with Crippen LogP contribution in [0.25, 0.3) is 33.3 Å². The van der Waals surface area contributed by atoms with Crippen molar-refractivity contribution in [1.29, 1.82) is 0 Å². The van der Waals surface area contributed by atoms with Crippen LogP contribution in [0.4, 0.5) is 17.1 Å². The van der Waals surface area contributed by atoms with Crippen molar-refractivity contribution in [2.45, 2.75) is 12.8 Å². The highest BCUT2D eigenvalue weighted by molar-refractivity contribution is 5.99. The van der Waals surface area contributed by atoms with Crippen LogP contribution >= 0.6 is 0 Å². The van der Waals surface area contributed by atoms with Crippen molar-refractivity contribution in [1.82, 2.24) is 9.97 Å². The molecule has 0 radical (unpaired) electrons. The van der Waals surface area contributed by atoms with Gasteiger partial charge in [-0.05, 0) is 83.3 Å². The zero-order valence-electron chi connectivity index (χ0n) is 20.4. The molecule has 0 bridgehead atoms. The molecule has 0 fully saturated rings. The SMILES string of the molecule is c1ccc(-c2ccc3c(c2)N(c2ccc4cccc(-c5ccccn5)c4c2)c2ccccc2CC3)nc1. The number of hydrogen-bond acceptors (Lipinski definition) is 3. The van der Waals surface area contributed by atoms with E-state index in [9.17, 15) is 0 Å². The minimum Gasteiger partial charge on any atom is -0.310 e. The first-order valence-corrected chi connectivity index (χ1v) is 12.7. The van der Waals surface area contributed by atoms with E-state index >= 15 is 0 Å². The van der Waals surface area contributed by atoms with Gasteiger partial charge in [-0.2, -0.15) is 0 Å². The fraction of sp³-hybridized carbons (Fsp3) is 0.0588. The van der Waals surface area contributed by atoms with E-state index in [4.69, 9.17) is 0 Å². The van der Waals surface area contributed by atoms with Crippen LogP contribution in [0.1, 0.15) is 11.1 Å². The maximum Gasteiger partial charge on any atom is 0.0708 e. The first kappa shape index (κ1) is 21.5. The average molecular weight is 476 g/mol. The van der Waals surface area contributed by atoms with Crippen LogP contribution in [0.5, 0.6) is 0 Å². The van der Waals surface area contributed by atoms with E-state index in [1.54, 1.807) is 0 Å². The van der Waals surface area contributed by atoms with Crippen LogP contribution in [-0.2, 0) is 12.8 Å². The molecule has 0 atom stereocenters. The third-order valence-corrected chi connectivity index (χ3v) is 7.25. The van der Waals surface area contributed by atoms with Gasteiger partial charge in [0, 0.05) is 34.9 Å². The number of benzene rings is 4. The lowest BCUT2D eigenvalue weighted by Crippen LogP contribution is -2.12. The van der Waals surface area contributed by atoms with Gasteiger partial charge in [0.25, 0.3) is 0 Å². The fourth-order valence-electron chi connectivity index (χ4n) is 5.44. The molecule has 3 heterocycles. The molecule has 0 spiro atoms. The number of aromatic nitrogens is 2. The summed E-state index contributed by atoms with van der Waals surface area (Å²) in [6, 6.07) is 41.0. The van der Waals surface area contributed by atoms with Gasteiger partial charge < -0.3 is 4.90 Å². The standard InChI is InChI=1S/C34H25N3/c1-2-13-33-25(8-1)14-15-26-16-17-27(31-11-3-5-20-35-31)22-34(26)37(33)28-19-18-24-9-7-10-29(30(24)23-28)32-12-4-6-21-36-32/h1-13,16-23H,14-15H2. The van der Waals surface area contributed by atoms with Crippen LogP contribution in [0, 0.1) is 0 Å². The van der Waals surface area contributed by atoms with Crippen molar-refractivity contribution in [3.8, 4) is 22.5 Å². The molecule has 0 unspecified atom stereocenters. The Morgan fingerprint density at radius 2 is 1.30 bits per heavy atom. The van der Waals surface area contributed by atoms with Crippen molar-refractivity contribution < 1.29 is 0 Å². The molecule has 0 saturated carbocycles. The van der Waals surface area contributed by atoms with Crippen molar-refractivity contribution in [2.24, 2.45) is 0 Å². The van der Waals surface area contributed by atoms with Gasteiger partial charge in [-0.3, -0.25) is 9.97 Å². The van der Waals surface area contributed by atoms with Crippen LogP contribution in [0.15, 0.2) is 128 Å². The second kappa shape index (κ2) is 9.03. The minimum atomic E-state index is 0.985. The van der Waals surface area contributed by atoms with E-state index in [0.717, 1.165) is 41.0 Å². The van der Waals surface area contributed by atoms with Gasteiger partial charge in [0.05, 0.1) is 17.1 Å². The van der Waals surface area contributed by atoms with Crippen LogP contribution in [0.2, 0.25) is 0 Å². The first-order valence-electron chi connectivity index (χ1n) is 12.7. The van der Waals surface area contributed by atoms with Gasteiger partial charge in [-0.1, -0.05) is 66.7 Å². The molecule has 0 aliphatic carbocycles. The lowest BCUT2D eigenvalue weighted by atomic mass is 9.99. The van der Waals surface area contributed by atoms with E-state index in [0.29, 0.717) is 0 Å². The van der Waals surface area contributed by atoms with Crippen LogP contribution in [-0.4, -0.2) is 9.97 Å². The molecule has 1 aliphatic rings. The summed E-state index contributed by atoms with van der Waals surface area (Å²) >= 11 is 0. The summed E-state index contributed by atoms with van der Waals surface area (Å²) in [4.78, 5) is 11.7. The Hall–Kier alpha value is -4.76. The molecule has 2 aromatic heterocycles. The quantitative estimate of drug-likeness (QED) is 0.257. The molecule has 3 heteroatoms.